The van der Waals surface area contributed by atoms with Gasteiger partial charge in [-0.25, -0.2) is 4.79 Å². The van der Waals surface area contributed by atoms with Crippen molar-refractivity contribution in [2.45, 2.75) is 74.7 Å². The molecule has 11 nitrogen and oxygen atoms in total. The van der Waals surface area contributed by atoms with Crippen molar-refractivity contribution in [3.05, 3.63) is 88.6 Å². The summed E-state index contributed by atoms with van der Waals surface area (Å²) < 4.78 is 12.2. The molecule has 50 heavy (non-hydrogen) atoms. The van der Waals surface area contributed by atoms with Gasteiger partial charge in [0.15, 0.2) is 17.6 Å². The second kappa shape index (κ2) is 12.0. The number of benzene rings is 3. The molecule has 4 atom stereocenters. The molecule has 2 fully saturated rings. The van der Waals surface area contributed by atoms with Crippen molar-refractivity contribution in [1.82, 2.24) is 15.2 Å². The van der Waals surface area contributed by atoms with Crippen LogP contribution in [0.4, 0.5) is 10.5 Å². The van der Waals surface area contributed by atoms with Crippen molar-refractivity contribution in [3.63, 3.8) is 0 Å². The number of aromatic nitrogens is 1. The third-order valence-corrected chi connectivity index (χ3v) is 11.7. The Morgan fingerprint density at radius 3 is 2.82 bits per heavy atom. The maximum atomic E-state index is 13.2. The Balaban J connectivity index is 1.05. The highest BCUT2D eigenvalue weighted by molar-refractivity contribution is 6.03. The summed E-state index contributed by atoms with van der Waals surface area (Å²) >= 11 is 0. The van der Waals surface area contributed by atoms with Gasteiger partial charge in [0.2, 0.25) is 5.96 Å². The number of hydrogen-bond donors (Lipinski definition) is 6. The Morgan fingerprint density at radius 2 is 2.00 bits per heavy atom. The Hall–Kier alpha value is -4.58. The Kier molecular flexibility index (Phi) is 7.56. The van der Waals surface area contributed by atoms with E-state index in [1.807, 2.05) is 54.6 Å². The molecular weight excluding hydrogens is 632 g/mol. The SMILES string of the molecule is NCCCCN=C(NC(=O)OCc1ccccc1)Nc1ccc2[nH]c3c(c2c1)C[C@@]1(O)[C@H]2Cc4ccc(O)c5c4[C@@]1(CCN2CC1CC1)[C@H]3O5. The average Bonchev–Trinajstić information content (AvgIpc) is 3.76. The van der Waals surface area contributed by atoms with Gasteiger partial charge in [-0.2, -0.15) is 0 Å². The molecule has 2 aliphatic heterocycles. The van der Waals surface area contributed by atoms with Crippen LogP contribution in [0.1, 0.15) is 66.2 Å². The van der Waals surface area contributed by atoms with E-state index in [9.17, 15) is 15.0 Å². The number of alkyl carbamates (subject to hydrolysis) is 1. The zero-order valence-electron chi connectivity index (χ0n) is 28.1. The summed E-state index contributed by atoms with van der Waals surface area (Å²) in [6, 6.07) is 19.3. The number of aliphatic hydroxyl groups is 1. The fourth-order valence-corrected chi connectivity index (χ4v) is 9.25. The molecule has 7 N–H and O–H groups in total. The number of carbonyl (C=O) groups is 1. The predicted molar refractivity (Wildman–Crippen MR) is 190 cm³/mol. The highest BCUT2D eigenvalue weighted by Gasteiger charge is 2.72. The smallest absolute Gasteiger partial charge is 0.414 e. The van der Waals surface area contributed by atoms with E-state index >= 15 is 0 Å². The number of nitrogens with zero attached hydrogens (tertiary/aromatic N) is 2. The molecule has 1 amide bonds. The number of phenolic OH excluding ortho intramolecular Hbond substituents is 1. The molecule has 9 rings (SSSR count). The zero-order valence-corrected chi connectivity index (χ0v) is 28.1. The summed E-state index contributed by atoms with van der Waals surface area (Å²) in [6.07, 6.45) is 5.03. The molecule has 11 heteroatoms. The Morgan fingerprint density at radius 1 is 1.14 bits per heavy atom. The van der Waals surface area contributed by atoms with Crippen molar-refractivity contribution in [3.8, 4) is 11.5 Å². The first-order chi connectivity index (χ1) is 24.4. The van der Waals surface area contributed by atoms with E-state index in [1.165, 1.54) is 18.4 Å². The van der Waals surface area contributed by atoms with Crippen molar-refractivity contribution in [2.75, 3.05) is 31.5 Å². The summed E-state index contributed by atoms with van der Waals surface area (Å²) in [5, 5.41) is 31.3. The molecule has 1 aromatic heterocycles. The molecule has 260 valence electrons. The van der Waals surface area contributed by atoms with E-state index in [4.69, 9.17) is 15.2 Å². The van der Waals surface area contributed by atoms with Crippen molar-refractivity contribution in [2.24, 2.45) is 16.6 Å². The molecule has 5 aliphatic rings. The van der Waals surface area contributed by atoms with Gasteiger partial charge in [0.05, 0.1) is 16.7 Å². The first-order valence-electron chi connectivity index (χ1n) is 18.0. The first-order valence-corrected chi connectivity index (χ1v) is 18.0. The molecule has 0 radical (unpaired) electrons. The third kappa shape index (κ3) is 4.97. The van der Waals surface area contributed by atoms with E-state index in [2.05, 4.69) is 25.5 Å². The molecule has 1 saturated heterocycles. The number of piperidine rings is 1. The number of H-pyrrole nitrogens is 1. The number of ether oxygens (including phenoxy) is 2. The van der Waals surface area contributed by atoms with E-state index in [0.717, 1.165) is 77.7 Å². The van der Waals surface area contributed by atoms with Crippen LogP contribution >= 0.6 is 0 Å². The number of guanidine groups is 1. The number of phenols is 1. The number of aliphatic imine (C=N–C) groups is 1. The minimum absolute atomic E-state index is 0.0521. The fraction of sp³-hybridized carbons (Fsp3) is 0.436. The first kappa shape index (κ1) is 31.4. The number of amides is 1. The number of aromatic amines is 1. The zero-order chi connectivity index (χ0) is 34.0. The summed E-state index contributed by atoms with van der Waals surface area (Å²) in [4.78, 5) is 23.7. The van der Waals surface area contributed by atoms with Crippen LogP contribution in [0, 0.1) is 5.92 Å². The van der Waals surface area contributed by atoms with E-state index < -0.39 is 23.2 Å². The largest absolute Gasteiger partial charge is 0.504 e. The molecule has 4 aromatic rings. The molecule has 2 bridgehead atoms. The number of nitrogens with two attached hydrogens (primary N) is 1. The molecule has 0 unspecified atom stereocenters. The lowest BCUT2D eigenvalue weighted by molar-refractivity contribution is -0.173. The molecule has 3 aromatic carbocycles. The van der Waals surface area contributed by atoms with Crippen LogP contribution in [0.15, 0.2) is 65.7 Å². The number of rotatable bonds is 9. The standard InChI is InChI=1S/C39H44N6O5/c40-15-4-5-16-41-36(44-37(47)49-22-24-6-2-1-3-7-24)42-26-11-12-29-27(19-26)28-20-39(48)31-18-25-10-13-30(46)34-32(25)38(39,35(50-34)33(28)43-29)14-17-45(31)21-23-8-9-23/h1-3,6-7,10-13,19,23,31,35,43,46,48H,4-5,8-9,14-18,20-22,40H2,(H2,41,42,44,47)/t31-,35+,38+,39-/m1/s1. The number of likely N-dealkylation sites (tertiary alicyclic amines) is 1. The van der Waals surface area contributed by atoms with E-state index in [-0.39, 0.29) is 24.4 Å². The number of carbonyl (C=O) groups excluding carboxylic acids is 1. The van der Waals surface area contributed by atoms with Crippen LogP contribution in [-0.2, 0) is 29.6 Å². The van der Waals surface area contributed by atoms with Gasteiger partial charge in [0, 0.05) is 47.7 Å². The van der Waals surface area contributed by atoms with Gasteiger partial charge >= 0.3 is 6.09 Å². The molecule has 1 spiro atoms. The summed E-state index contributed by atoms with van der Waals surface area (Å²) in [5.74, 6) is 1.65. The minimum atomic E-state index is -1.08. The lowest BCUT2D eigenvalue weighted by atomic mass is 9.49. The third-order valence-electron chi connectivity index (χ3n) is 11.7. The molecule has 3 aliphatic carbocycles. The van der Waals surface area contributed by atoms with Crippen LogP contribution in [-0.4, -0.2) is 70.0 Å². The number of aromatic hydroxyl groups is 1. The van der Waals surface area contributed by atoms with Gasteiger partial charge in [0.25, 0.3) is 0 Å². The second-order valence-corrected chi connectivity index (χ2v) is 14.7. The number of anilines is 1. The molecule has 1 saturated carbocycles. The monoisotopic (exact) mass is 676 g/mol. The van der Waals surface area contributed by atoms with Crippen molar-refractivity contribution >= 4 is 28.6 Å². The highest BCUT2D eigenvalue weighted by Crippen LogP contribution is 2.69. The second-order valence-electron chi connectivity index (χ2n) is 14.7. The van der Waals surface area contributed by atoms with Crippen molar-refractivity contribution < 1.29 is 24.5 Å². The highest BCUT2D eigenvalue weighted by atomic mass is 16.5. The van der Waals surface area contributed by atoms with E-state index in [0.29, 0.717) is 31.2 Å². The van der Waals surface area contributed by atoms with Crippen LogP contribution < -0.4 is 21.1 Å². The van der Waals surface area contributed by atoms with Gasteiger partial charge in [-0.15, -0.1) is 0 Å². The van der Waals surface area contributed by atoms with Crippen molar-refractivity contribution in [1.29, 1.82) is 0 Å². The lowest BCUT2D eigenvalue weighted by Crippen LogP contribution is -2.74. The lowest BCUT2D eigenvalue weighted by Gasteiger charge is -2.62. The molecular formula is C39H44N6O5. The topological polar surface area (TPSA) is 157 Å². The summed E-state index contributed by atoms with van der Waals surface area (Å²) in [5.41, 5.74) is 10.7. The average molecular weight is 677 g/mol. The van der Waals surface area contributed by atoms with Gasteiger partial charge in [0.1, 0.15) is 6.61 Å². The Labute approximate surface area is 290 Å². The maximum absolute atomic E-state index is 13.2. The fourth-order valence-electron chi connectivity index (χ4n) is 9.25. The number of nitrogens with one attached hydrogen (secondary N) is 3. The number of unbranched alkanes of at least 4 members (excludes halogenated alkanes) is 1. The normalized spacial score (nSPS) is 26.2. The van der Waals surface area contributed by atoms with Crippen LogP contribution in [0.2, 0.25) is 0 Å². The number of hydrogen-bond acceptors (Lipinski definition) is 8. The van der Waals surface area contributed by atoms with Gasteiger partial charge in [-0.1, -0.05) is 36.4 Å². The summed E-state index contributed by atoms with van der Waals surface area (Å²) in [7, 11) is 0. The maximum Gasteiger partial charge on any atom is 0.414 e. The van der Waals surface area contributed by atoms with Crippen LogP contribution in [0.3, 0.4) is 0 Å². The van der Waals surface area contributed by atoms with Gasteiger partial charge < -0.3 is 35.7 Å². The Bertz CT molecular complexity index is 1990. The number of fused-ring (bicyclic) bond motifs is 4. The van der Waals surface area contributed by atoms with Gasteiger partial charge in [-0.05, 0) is 98.5 Å². The van der Waals surface area contributed by atoms with E-state index in [1.54, 1.807) is 6.07 Å². The predicted octanol–water partition coefficient (Wildman–Crippen LogP) is 5.01. The van der Waals surface area contributed by atoms with Gasteiger partial charge in [-0.3, -0.25) is 15.2 Å². The van der Waals surface area contributed by atoms with Crippen LogP contribution in [0.25, 0.3) is 10.9 Å². The van der Waals surface area contributed by atoms with Crippen LogP contribution in [0.5, 0.6) is 11.5 Å². The minimum Gasteiger partial charge on any atom is -0.504 e. The summed E-state index contributed by atoms with van der Waals surface area (Å²) in [6.45, 7) is 3.12. The quantitative estimate of drug-likeness (QED) is 0.0821. The molecule has 3 heterocycles.